The van der Waals surface area contributed by atoms with E-state index in [9.17, 15) is 0 Å². The average Bonchev–Trinajstić information content (AvgIpc) is 2.88. The molecule has 0 unspecified atom stereocenters. The van der Waals surface area contributed by atoms with Crippen LogP contribution in [0.2, 0.25) is 5.15 Å². The third-order valence-corrected chi connectivity index (χ3v) is 4.34. The molecule has 1 aliphatic rings. The van der Waals surface area contributed by atoms with Gasteiger partial charge in [-0.2, -0.15) is 0 Å². The summed E-state index contributed by atoms with van der Waals surface area (Å²) in [5.74, 6) is 2.19. The molecule has 1 aromatic heterocycles. The lowest BCUT2D eigenvalue weighted by Gasteiger charge is -2.30. The minimum atomic E-state index is 0.305. The van der Waals surface area contributed by atoms with Gasteiger partial charge in [0.1, 0.15) is 16.8 Å². The Morgan fingerprint density at radius 3 is 2.42 bits per heavy atom. The van der Waals surface area contributed by atoms with Crippen molar-refractivity contribution in [2.45, 2.75) is 65.3 Å². The van der Waals surface area contributed by atoms with E-state index < -0.39 is 0 Å². The zero-order valence-electron chi connectivity index (χ0n) is 12.4. The van der Waals surface area contributed by atoms with Crippen LogP contribution in [0.5, 0.6) is 0 Å². The van der Waals surface area contributed by atoms with Gasteiger partial charge in [0.05, 0.1) is 0 Å². The van der Waals surface area contributed by atoms with Gasteiger partial charge in [0.25, 0.3) is 0 Å². The van der Waals surface area contributed by atoms with Crippen LogP contribution in [0.4, 0.5) is 5.82 Å². The number of anilines is 1. The molecule has 106 valence electrons. The second-order valence-corrected chi connectivity index (χ2v) is 6.06. The number of aromatic nitrogens is 2. The lowest BCUT2D eigenvalue weighted by molar-refractivity contribution is 0.606. The van der Waals surface area contributed by atoms with E-state index >= 15 is 0 Å². The van der Waals surface area contributed by atoms with Crippen molar-refractivity contribution in [1.82, 2.24) is 9.97 Å². The van der Waals surface area contributed by atoms with E-state index in [0.717, 1.165) is 23.8 Å². The Hall–Kier alpha value is -0.830. The molecule has 0 atom stereocenters. The predicted molar refractivity (Wildman–Crippen MR) is 81.1 cm³/mol. The molecule has 0 radical (unpaired) electrons. The number of nitrogens with zero attached hydrogens (tertiary/aromatic N) is 3. The summed E-state index contributed by atoms with van der Waals surface area (Å²) in [4.78, 5) is 11.6. The summed E-state index contributed by atoms with van der Waals surface area (Å²) in [7, 11) is 0. The van der Waals surface area contributed by atoms with E-state index in [1.54, 1.807) is 0 Å². The van der Waals surface area contributed by atoms with Gasteiger partial charge in [0.2, 0.25) is 0 Å². The van der Waals surface area contributed by atoms with Gasteiger partial charge in [-0.05, 0) is 26.7 Å². The molecule has 0 aliphatic heterocycles. The number of rotatable bonds is 4. The average molecular weight is 282 g/mol. The molecule has 4 heteroatoms. The summed E-state index contributed by atoms with van der Waals surface area (Å²) in [5, 5.41) is 0.602. The molecule has 0 N–H and O–H groups in total. The molecular formula is C15H24ClN3. The fraction of sp³-hybridized carbons (Fsp3) is 0.733. The van der Waals surface area contributed by atoms with Crippen LogP contribution >= 0.6 is 11.6 Å². The molecule has 1 saturated carbocycles. The first-order valence-electron chi connectivity index (χ1n) is 7.35. The molecule has 0 bridgehead atoms. The van der Waals surface area contributed by atoms with E-state index in [0.29, 0.717) is 17.1 Å². The molecule has 0 spiro atoms. The highest BCUT2D eigenvalue weighted by Gasteiger charge is 2.25. The first-order valence-corrected chi connectivity index (χ1v) is 7.73. The standard InChI is InChI=1S/C15H24ClN3/c1-5-19(12-8-6-7-9-12)15-11(4)13(16)17-14(18-15)10(2)3/h10,12H,5-9H2,1-4H3. The molecule has 0 aromatic carbocycles. The van der Waals surface area contributed by atoms with Crippen molar-refractivity contribution >= 4 is 17.4 Å². The molecule has 19 heavy (non-hydrogen) atoms. The second-order valence-electron chi connectivity index (χ2n) is 5.70. The molecular weight excluding hydrogens is 258 g/mol. The van der Waals surface area contributed by atoms with Crippen molar-refractivity contribution in [3.8, 4) is 0 Å². The summed E-state index contributed by atoms with van der Waals surface area (Å²) < 4.78 is 0. The molecule has 1 aromatic rings. The topological polar surface area (TPSA) is 29.0 Å². The summed E-state index contributed by atoms with van der Waals surface area (Å²) in [5.41, 5.74) is 1.01. The maximum Gasteiger partial charge on any atom is 0.137 e. The fourth-order valence-corrected chi connectivity index (χ4v) is 3.00. The van der Waals surface area contributed by atoms with Crippen molar-refractivity contribution in [2.75, 3.05) is 11.4 Å². The maximum atomic E-state index is 6.29. The van der Waals surface area contributed by atoms with E-state index in [1.165, 1.54) is 25.7 Å². The summed E-state index contributed by atoms with van der Waals surface area (Å²) >= 11 is 6.29. The van der Waals surface area contributed by atoms with Gasteiger partial charge in [-0.25, -0.2) is 9.97 Å². The molecule has 2 rings (SSSR count). The fourth-order valence-electron chi connectivity index (χ4n) is 2.83. The van der Waals surface area contributed by atoms with Gasteiger partial charge in [0, 0.05) is 24.1 Å². The minimum absolute atomic E-state index is 0.305. The van der Waals surface area contributed by atoms with Crippen LogP contribution in [0.3, 0.4) is 0 Å². The van der Waals surface area contributed by atoms with Crippen LogP contribution in [0.1, 0.15) is 63.8 Å². The quantitative estimate of drug-likeness (QED) is 0.769. The summed E-state index contributed by atoms with van der Waals surface area (Å²) in [6, 6.07) is 0.620. The number of halogens is 1. The van der Waals surface area contributed by atoms with Crippen LogP contribution in [0.15, 0.2) is 0 Å². The van der Waals surface area contributed by atoms with Crippen LogP contribution in [-0.4, -0.2) is 22.6 Å². The van der Waals surface area contributed by atoms with Crippen molar-refractivity contribution in [1.29, 1.82) is 0 Å². The Morgan fingerprint density at radius 2 is 1.89 bits per heavy atom. The Kier molecular flexibility index (Phi) is 4.67. The van der Waals surface area contributed by atoms with Gasteiger partial charge >= 0.3 is 0 Å². The number of hydrogen-bond acceptors (Lipinski definition) is 3. The van der Waals surface area contributed by atoms with Crippen molar-refractivity contribution < 1.29 is 0 Å². The predicted octanol–water partition coefficient (Wildman–Crippen LogP) is 4.33. The zero-order chi connectivity index (χ0) is 14.0. The Morgan fingerprint density at radius 1 is 1.26 bits per heavy atom. The highest BCUT2D eigenvalue weighted by Crippen LogP contribution is 2.31. The molecule has 0 amide bonds. The van der Waals surface area contributed by atoms with Gasteiger partial charge in [-0.15, -0.1) is 0 Å². The van der Waals surface area contributed by atoms with Crippen LogP contribution in [0, 0.1) is 6.92 Å². The molecule has 3 nitrogen and oxygen atoms in total. The highest BCUT2D eigenvalue weighted by molar-refractivity contribution is 6.30. The third-order valence-electron chi connectivity index (χ3n) is 3.97. The van der Waals surface area contributed by atoms with E-state index in [1.807, 2.05) is 6.92 Å². The van der Waals surface area contributed by atoms with Gasteiger partial charge in [-0.3, -0.25) is 0 Å². The lowest BCUT2D eigenvalue weighted by atomic mass is 10.1. The maximum absolute atomic E-state index is 6.29. The first-order chi connectivity index (χ1) is 9.04. The van der Waals surface area contributed by atoms with Gasteiger partial charge < -0.3 is 4.90 Å². The SMILES string of the molecule is CCN(c1nc(C(C)C)nc(Cl)c1C)C1CCCC1. The smallest absolute Gasteiger partial charge is 0.137 e. The second kappa shape index (κ2) is 6.08. The summed E-state index contributed by atoms with van der Waals surface area (Å²) in [6.45, 7) is 9.42. The van der Waals surface area contributed by atoms with E-state index in [4.69, 9.17) is 16.6 Å². The first kappa shape index (κ1) is 14.6. The van der Waals surface area contributed by atoms with Crippen molar-refractivity contribution in [3.05, 3.63) is 16.5 Å². The molecule has 1 aliphatic carbocycles. The number of hydrogen-bond donors (Lipinski definition) is 0. The Bertz CT molecular complexity index is 439. The Balaban J connectivity index is 2.40. The van der Waals surface area contributed by atoms with E-state index in [-0.39, 0.29) is 0 Å². The minimum Gasteiger partial charge on any atom is -0.354 e. The van der Waals surface area contributed by atoms with Gasteiger partial charge in [0.15, 0.2) is 0 Å². The molecule has 1 fully saturated rings. The normalized spacial score (nSPS) is 16.3. The largest absolute Gasteiger partial charge is 0.354 e. The summed E-state index contributed by atoms with van der Waals surface area (Å²) in [6.07, 6.45) is 5.20. The highest BCUT2D eigenvalue weighted by atomic mass is 35.5. The van der Waals surface area contributed by atoms with Crippen LogP contribution in [-0.2, 0) is 0 Å². The third kappa shape index (κ3) is 3.02. The lowest BCUT2D eigenvalue weighted by Crippen LogP contribution is -2.34. The van der Waals surface area contributed by atoms with Crippen LogP contribution < -0.4 is 4.90 Å². The monoisotopic (exact) mass is 281 g/mol. The zero-order valence-corrected chi connectivity index (χ0v) is 13.2. The molecule has 1 heterocycles. The van der Waals surface area contributed by atoms with E-state index in [2.05, 4.69) is 30.7 Å². The van der Waals surface area contributed by atoms with Crippen molar-refractivity contribution in [3.63, 3.8) is 0 Å². The Labute approximate surface area is 121 Å². The van der Waals surface area contributed by atoms with Gasteiger partial charge in [-0.1, -0.05) is 38.3 Å². The van der Waals surface area contributed by atoms with Crippen molar-refractivity contribution in [2.24, 2.45) is 0 Å². The molecule has 0 saturated heterocycles. The van der Waals surface area contributed by atoms with Crippen LogP contribution in [0.25, 0.3) is 0 Å².